The van der Waals surface area contributed by atoms with Gasteiger partial charge in [0.15, 0.2) is 5.82 Å². The van der Waals surface area contributed by atoms with Crippen molar-refractivity contribution in [3.63, 3.8) is 0 Å². The smallest absolute Gasteiger partial charge is 0.217 e. The van der Waals surface area contributed by atoms with Gasteiger partial charge in [0.05, 0.1) is 6.61 Å². The zero-order valence-corrected chi connectivity index (χ0v) is 16.7. The second-order valence-corrected chi connectivity index (χ2v) is 7.14. The molecule has 0 radical (unpaired) electrons. The van der Waals surface area contributed by atoms with Crippen molar-refractivity contribution in [3.8, 4) is 17.3 Å². The molecule has 3 rings (SSSR count). The van der Waals surface area contributed by atoms with Gasteiger partial charge >= 0.3 is 0 Å². The molecule has 1 aliphatic heterocycles. The molecule has 0 unspecified atom stereocenters. The lowest BCUT2D eigenvalue weighted by molar-refractivity contribution is 0.143. The van der Waals surface area contributed by atoms with E-state index in [-0.39, 0.29) is 11.5 Å². The van der Waals surface area contributed by atoms with Crippen LogP contribution >= 0.6 is 0 Å². The van der Waals surface area contributed by atoms with E-state index in [1.54, 1.807) is 25.0 Å². The summed E-state index contributed by atoms with van der Waals surface area (Å²) in [5.41, 5.74) is 0.994. The van der Waals surface area contributed by atoms with Crippen LogP contribution in [0.1, 0.15) is 31.9 Å². The van der Waals surface area contributed by atoms with Crippen molar-refractivity contribution < 1.29 is 18.3 Å². The molecule has 0 spiro atoms. The Morgan fingerprint density at radius 1 is 1.07 bits per heavy atom. The lowest BCUT2D eigenvalue weighted by Gasteiger charge is -2.33. The van der Waals surface area contributed by atoms with Crippen molar-refractivity contribution in [2.45, 2.75) is 33.1 Å². The first-order valence-corrected chi connectivity index (χ1v) is 9.73. The number of nitrogens with zero attached hydrogens (tertiary/aromatic N) is 3. The number of ether oxygens (including phenoxy) is 2. The van der Waals surface area contributed by atoms with E-state index in [0.717, 1.165) is 19.3 Å². The van der Waals surface area contributed by atoms with E-state index in [1.165, 1.54) is 12.1 Å². The van der Waals surface area contributed by atoms with Crippen LogP contribution in [-0.4, -0.2) is 43.4 Å². The molecule has 0 atom stereocenters. The fourth-order valence-electron chi connectivity index (χ4n) is 3.53. The van der Waals surface area contributed by atoms with Gasteiger partial charge in [-0.2, -0.15) is 4.98 Å². The summed E-state index contributed by atoms with van der Waals surface area (Å²) in [7, 11) is 1.58. The standard InChI is InChI=1S/C21H27F2N3O2/c1-4-15-5-7-26(8-6-15)20-17(22)12-16(13-18(20)23)21-24-14(2)11-19(25-21)28-10-9-27-3/h11-13,15H,4-10H2,1-3H3. The fraction of sp³-hybridized carbons (Fsp3) is 0.524. The van der Waals surface area contributed by atoms with Crippen LogP contribution in [0, 0.1) is 24.5 Å². The van der Waals surface area contributed by atoms with E-state index in [0.29, 0.717) is 49.4 Å². The van der Waals surface area contributed by atoms with Crippen LogP contribution < -0.4 is 9.64 Å². The first-order valence-electron chi connectivity index (χ1n) is 9.73. The number of benzene rings is 1. The fourth-order valence-corrected chi connectivity index (χ4v) is 3.53. The van der Waals surface area contributed by atoms with Crippen LogP contribution in [0.2, 0.25) is 0 Å². The largest absolute Gasteiger partial charge is 0.475 e. The van der Waals surface area contributed by atoms with Crippen molar-refractivity contribution in [2.75, 3.05) is 38.3 Å². The first kappa shape index (κ1) is 20.5. The van der Waals surface area contributed by atoms with Crippen molar-refractivity contribution in [3.05, 3.63) is 35.5 Å². The topological polar surface area (TPSA) is 47.5 Å². The van der Waals surface area contributed by atoms with Crippen molar-refractivity contribution in [1.29, 1.82) is 0 Å². The highest BCUT2D eigenvalue weighted by Gasteiger charge is 2.24. The minimum Gasteiger partial charge on any atom is -0.475 e. The number of rotatable bonds is 7. The maximum absolute atomic E-state index is 14.8. The molecule has 152 valence electrons. The van der Waals surface area contributed by atoms with Crippen LogP contribution in [-0.2, 0) is 4.74 Å². The monoisotopic (exact) mass is 391 g/mol. The molecule has 7 heteroatoms. The predicted octanol–water partition coefficient (Wildman–Crippen LogP) is 4.38. The van der Waals surface area contributed by atoms with Gasteiger partial charge in [0.1, 0.15) is 23.9 Å². The molecule has 0 saturated carbocycles. The van der Waals surface area contributed by atoms with Gasteiger partial charge in [-0.15, -0.1) is 0 Å². The van der Waals surface area contributed by atoms with E-state index in [4.69, 9.17) is 9.47 Å². The number of aromatic nitrogens is 2. The van der Waals surface area contributed by atoms with Crippen LogP contribution in [0.4, 0.5) is 14.5 Å². The first-order chi connectivity index (χ1) is 13.5. The molecule has 0 bridgehead atoms. The SMILES string of the molecule is CCC1CCN(c2c(F)cc(-c3nc(C)cc(OCCOC)n3)cc2F)CC1. The molecule has 1 saturated heterocycles. The average Bonchev–Trinajstić information content (AvgIpc) is 2.68. The van der Waals surface area contributed by atoms with E-state index in [2.05, 4.69) is 16.9 Å². The molecule has 2 aromatic rings. The second kappa shape index (κ2) is 9.28. The lowest BCUT2D eigenvalue weighted by atomic mass is 9.94. The van der Waals surface area contributed by atoms with E-state index >= 15 is 0 Å². The Labute approximate surface area is 164 Å². The van der Waals surface area contributed by atoms with Crippen LogP contribution in [0.15, 0.2) is 18.2 Å². The molecule has 0 N–H and O–H groups in total. The van der Waals surface area contributed by atoms with E-state index in [9.17, 15) is 8.78 Å². The Morgan fingerprint density at radius 2 is 1.75 bits per heavy atom. The number of hydrogen-bond donors (Lipinski definition) is 0. The number of aryl methyl sites for hydroxylation is 1. The minimum atomic E-state index is -0.586. The second-order valence-electron chi connectivity index (χ2n) is 7.14. The van der Waals surface area contributed by atoms with Crippen molar-refractivity contribution >= 4 is 5.69 Å². The predicted molar refractivity (Wildman–Crippen MR) is 105 cm³/mol. The van der Waals surface area contributed by atoms with Crippen LogP contribution in [0.25, 0.3) is 11.4 Å². The molecule has 1 aromatic carbocycles. The molecule has 1 aliphatic rings. The summed E-state index contributed by atoms with van der Waals surface area (Å²) >= 11 is 0. The summed E-state index contributed by atoms with van der Waals surface area (Å²) in [6, 6.07) is 4.29. The van der Waals surface area contributed by atoms with Gasteiger partial charge in [0.2, 0.25) is 5.88 Å². The van der Waals surface area contributed by atoms with Gasteiger partial charge in [-0.3, -0.25) is 0 Å². The number of piperidine rings is 1. The summed E-state index contributed by atoms with van der Waals surface area (Å²) in [6.07, 6.45) is 3.03. The zero-order chi connectivity index (χ0) is 20.1. The Morgan fingerprint density at radius 3 is 2.36 bits per heavy atom. The van der Waals surface area contributed by atoms with Gasteiger partial charge in [-0.25, -0.2) is 13.8 Å². The Hall–Kier alpha value is -2.28. The Kier molecular flexibility index (Phi) is 6.78. The van der Waals surface area contributed by atoms with Crippen LogP contribution in [0.3, 0.4) is 0 Å². The molecule has 28 heavy (non-hydrogen) atoms. The van der Waals surface area contributed by atoms with Crippen molar-refractivity contribution in [1.82, 2.24) is 9.97 Å². The number of halogens is 2. The summed E-state index contributed by atoms with van der Waals surface area (Å²) < 4.78 is 40.1. The highest BCUT2D eigenvalue weighted by atomic mass is 19.1. The third kappa shape index (κ3) is 4.76. The van der Waals surface area contributed by atoms with Crippen molar-refractivity contribution in [2.24, 2.45) is 5.92 Å². The summed E-state index contributed by atoms with van der Waals surface area (Å²) in [5.74, 6) is 0.0558. The molecule has 1 fully saturated rings. The zero-order valence-electron chi connectivity index (χ0n) is 16.7. The molecule has 0 aliphatic carbocycles. The van der Waals surface area contributed by atoms with Gasteiger partial charge in [0, 0.05) is 37.5 Å². The van der Waals surface area contributed by atoms with Crippen LogP contribution in [0.5, 0.6) is 5.88 Å². The highest BCUT2D eigenvalue weighted by molar-refractivity contribution is 5.62. The van der Waals surface area contributed by atoms with Gasteiger partial charge < -0.3 is 14.4 Å². The van der Waals surface area contributed by atoms with Gasteiger partial charge in [0.25, 0.3) is 0 Å². The minimum absolute atomic E-state index is 0.0440. The number of methoxy groups -OCH3 is 1. The van der Waals surface area contributed by atoms with E-state index < -0.39 is 11.6 Å². The number of hydrogen-bond acceptors (Lipinski definition) is 5. The Balaban J connectivity index is 1.84. The summed E-state index contributed by atoms with van der Waals surface area (Å²) in [4.78, 5) is 10.4. The van der Waals surface area contributed by atoms with Gasteiger partial charge in [-0.1, -0.05) is 13.3 Å². The lowest BCUT2D eigenvalue weighted by Crippen LogP contribution is -2.34. The molecule has 0 amide bonds. The maximum atomic E-state index is 14.8. The maximum Gasteiger partial charge on any atom is 0.217 e. The molecular formula is C21H27F2N3O2. The van der Waals surface area contributed by atoms with Gasteiger partial charge in [-0.05, 0) is 37.8 Å². The molecule has 2 heterocycles. The molecular weight excluding hydrogens is 364 g/mol. The third-order valence-electron chi connectivity index (χ3n) is 5.15. The third-order valence-corrected chi connectivity index (χ3v) is 5.15. The summed E-state index contributed by atoms with van der Waals surface area (Å²) in [5, 5.41) is 0. The van der Waals surface area contributed by atoms with E-state index in [1.807, 2.05) is 0 Å². The quantitative estimate of drug-likeness (QED) is 0.656. The highest BCUT2D eigenvalue weighted by Crippen LogP contribution is 2.32. The molecule has 1 aromatic heterocycles. The molecule has 5 nitrogen and oxygen atoms in total. The average molecular weight is 391 g/mol. The Bertz CT molecular complexity index is 785. The summed E-state index contributed by atoms with van der Waals surface area (Å²) in [6.45, 7) is 6.04. The number of anilines is 1. The normalized spacial score (nSPS) is 15.1.